The van der Waals surface area contributed by atoms with Crippen LogP contribution in [0.15, 0.2) is 180 Å². The van der Waals surface area contributed by atoms with E-state index in [-0.39, 0.29) is 44.8 Å². The van der Waals surface area contributed by atoms with E-state index < -0.39 is 202 Å². The molecule has 12 aromatic rings. The van der Waals surface area contributed by atoms with Crippen LogP contribution in [0, 0.1) is 6.33 Å². The third-order valence-electron chi connectivity index (χ3n) is 14.8. The summed E-state index contributed by atoms with van der Waals surface area (Å²) < 4.78 is 375. The van der Waals surface area contributed by atoms with Crippen molar-refractivity contribution in [3.8, 4) is 50.9 Å². The van der Waals surface area contributed by atoms with Gasteiger partial charge in [-0.15, -0.1) is 0 Å². The van der Waals surface area contributed by atoms with Crippen molar-refractivity contribution in [3.05, 3.63) is 204 Å². The molecule has 4 heterocycles. The van der Waals surface area contributed by atoms with Crippen LogP contribution in [0.2, 0.25) is 17.3 Å². The number of imidazole rings is 1. The third-order valence-corrected chi connectivity index (χ3v) is 19.0. The monoisotopic (exact) mass is 1150 g/mol. The number of benzene rings is 8. The van der Waals surface area contributed by atoms with Crippen LogP contribution in [-0.2, 0) is 21.7 Å². The zero-order valence-corrected chi connectivity index (χ0v) is 45.0. The molecule has 4 aromatic heterocycles. The Balaban J connectivity index is 1.17. The average Bonchev–Trinajstić information content (AvgIpc) is 0.933. The largest absolute Gasteiger partial charge is 0.457 e. The fourth-order valence-electron chi connectivity index (χ4n) is 10.8. The second-order valence-corrected chi connectivity index (χ2v) is 31.8. The maximum atomic E-state index is 10.5. The van der Waals surface area contributed by atoms with Gasteiger partial charge in [-0.3, -0.25) is 4.57 Å². The van der Waals surface area contributed by atoms with Crippen LogP contribution in [0.25, 0.3) is 94.2 Å². The Bertz CT molecular complexity index is 5980. The minimum absolute atomic E-state index is 0.0316. The van der Waals surface area contributed by atoms with E-state index in [1.165, 1.54) is 33.2 Å². The molecule has 0 fully saturated rings. The van der Waals surface area contributed by atoms with E-state index in [4.69, 9.17) is 47.0 Å². The number of fused-ring (bicyclic) bond motifs is 9. The SMILES string of the molecule is [2H]c1c([2H])c2c(c([2H])c1-c1cccc(-c3c([2H])c([2H])c4c(c3[2H])C(C([2H])([2H])[2H])(C([2H])([2H])[2H])C([2H])([2H])C([2H])([2H])C4(C([2H])([2H])[2H])C([2H])([2H])[2H])c1-[n+]1[c-]n(-c3cccc(Oc4ccc5c6ccccc6n(-c6c[c]([Ge]([CH3])([CH3])[CH3])ccn6)c5c4)c3)c3cc4oc5ccccc5c4cc31)C(C([2H])([2H])[2H])(C([2H])([2H])[2H])C([2H])([2H])C([2H])([2H])C2(C([2H])([2H])[2H])C([2H])([2H])[2H]. The topological polar surface area (TPSA) is 49.0 Å². The van der Waals surface area contributed by atoms with Crippen molar-refractivity contribution in [2.75, 3.05) is 0 Å². The van der Waals surface area contributed by atoms with E-state index in [0.717, 1.165) is 39.1 Å². The van der Waals surface area contributed by atoms with Gasteiger partial charge in [0.05, 0.1) is 24.9 Å². The Labute approximate surface area is 526 Å². The van der Waals surface area contributed by atoms with Crippen molar-refractivity contribution in [1.82, 2.24) is 14.1 Å². The molecule has 8 aromatic carbocycles. The van der Waals surface area contributed by atoms with E-state index in [2.05, 4.69) is 29.7 Å². The molecule has 0 saturated carbocycles. The first kappa shape index (κ1) is 24.2. The van der Waals surface area contributed by atoms with Crippen molar-refractivity contribution in [2.24, 2.45) is 0 Å². The van der Waals surface area contributed by atoms with Crippen LogP contribution in [0.5, 0.6) is 11.5 Å². The number of pyridine rings is 1. The zero-order chi connectivity index (χ0) is 87.6. The van der Waals surface area contributed by atoms with Crippen LogP contribution in [-0.4, -0.2) is 27.4 Å². The molecule has 0 aliphatic heterocycles. The molecule has 0 saturated heterocycles. The molecule has 0 unspecified atom stereocenters. The molecular weight excluding hydrogens is 1040 g/mol. The maximum absolute atomic E-state index is 10.5. The number of rotatable bonds is 8. The number of para-hydroxylation sites is 3. The fraction of sp³-hybridized carbons (Fsp3) is 0.260. The second-order valence-electron chi connectivity index (χ2n) is 21.2. The number of hydrogen-bond donors (Lipinski definition) is 0. The van der Waals surface area contributed by atoms with E-state index in [1.807, 2.05) is 41.0 Å². The molecule has 0 N–H and O–H groups in total. The first-order valence-electron chi connectivity index (χ1n) is 44.4. The number of nitrogens with zero attached hydrogens (tertiary/aromatic N) is 4. The van der Waals surface area contributed by atoms with Crippen molar-refractivity contribution in [3.63, 3.8) is 0 Å². The predicted octanol–water partition coefficient (Wildman–Crippen LogP) is 18.5. The van der Waals surface area contributed by atoms with Crippen molar-refractivity contribution in [2.45, 2.75) is 119 Å². The smallest absolute Gasteiger partial charge is 0.135 e. The number of aromatic nitrogens is 4. The predicted molar refractivity (Wildman–Crippen MR) is 334 cm³/mol. The maximum Gasteiger partial charge on any atom is 0.135 e. The molecular formula is C73H70GeN4O2. The van der Waals surface area contributed by atoms with Crippen molar-refractivity contribution >= 4 is 72.4 Å². The van der Waals surface area contributed by atoms with Gasteiger partial charge in [-0.05, 0) is 110 Å². The molecule has 6 nitrogen and oxygen atoms in total. The van der Waals surface area contributed by atoms with Gasteiger partial charge in [0.1, 0.15) is 11.2 Å². The quantitative estimate of drug-likeness (QED) is 0.0865. The molecule has 80 heavy (non-hydrogen) atoms. The first-order chi connectivity index (χ1) is 53.8. The van der Waals surface area contributed by atoms with E-state index in [0.29, 0.717) is 16.7 Å². The number of furan rings is 1. The second kappa shape index (κ2) is 17.9. The summed E-state index contributed by atoms with van der Waals surface area (Å²) in [5.74, 6) is 7.78. The van der Waals surface area contributed by atoms with Crippen LogP contribution in [0.1, 0.15) is 155 Å². The Morgan fingerprint density at radius 2 is 1.19 bits per heavy atom. The molecule has 0 atom stereocenters. The summed E-state index contributed by atoms with van der Waals surface area (Å²) in [6.07, 6.45) is -14.4. The molecule has 7 heteroatoms. The number of ether oxygens (including phenoxy) is 1. The van der Waals surface area contributed by atoms with Gasteiger partial charge in [0.15, 0.2) is 0 Å². The Hall–Kier alpha value is -7.68. The van der Waals surface area contributed by atoms with Crippen molar-refractivity contribution in [1.29, 1.82) is 0 Å². The molecule has 2 aliphatic carbocycles. The summed E-state index contributed by atoms with van der Waals surface area (Å²) in [6, 6.07) is 24.9. The third kappa shape index (κ3) is 8.17. The summed E-state index contributed by atoms with van der Waals surface area (Å²) in [4.78, 5) is 4.82. The van der Waals surface area contributed by atoms with Crippen LogP contribution in [0.4, 0.5) is 0 Å². The molecule has 0 bridgehead atoms. The van der Waals surface area contributed by atoms with Gasteiger partial charge in [0.2, 0.25) is 0 Å². The first-order valence-corrected chi connectivity index (χ1v) is 32.7. The van der Waals surface area contributed by atoms with E-state index in [9.17, 15) is 19.2 Å². The van der Waals surface area contributed by atoms with Gasteiger partial charge in [-0.2, -0.15) is 0 Å². The van der Waals surface area contributed by atoms with Gasteiger partial charge in [-0.25, -0.2) is 0 Å². The van der Waals surface area contributed by atoms with Crippen LogP contribution >= 0.6 is 0 Å². The molecule has 0 amide bonds. The summed E-state index contributed by atoms with van der Waals surface area (Å²) in [5.41, 5.74) is -30.1. The summed E-state index contributed by atoms with van der Waals surface area (Å²) in [5, 5.41) is 2.33. The normalized spacial score (nSPS) is 27.1. The fourth-order valence-corrected chi connectivity index (χ4v) is 13.2. The summed E-state index contributed by atoms with van der Waals surface area (Å²) in [7, 11) is 0. The van der Waals surface area contributed by atoms with E-state index >= 15 is 0 Å². The van der Waals surface area contributed by atoms with Crippen LogP contribution in [0.3, 0.4) is 0 Å². The van der Waals surface area contributed by atoms with Gasteiger partial charge in [0, 0.05) is 54.6 Å². The van der Waals surface area contributed by atoms with Crippen molar-refractivity contribution < 1.29 is 65.8 Å². The van der Waals surface area contributed by atoms with Gasteiger partial charge in [0.25, 0.3) is 6.33 Å². The minimum atomic E-state index is -4.87. The number of hydrogen-bond acceptors (Lipinski definition) is 3. The molecule has 14 rings (SSSR count). The zero-order valence-electron chi connectivity index (χ0n) is 80.9. The Kier molecular flexibility index (Phi) is 5.42. The van der Waals surface area contributed by atoms with Crippen LogP contribution < -0.4 is 13.7 Å². The summed E-state index contributed by atoms with van der Waals surface area (Å²) in [6.45, 7) is -36.5. The van der Waals surface area contributed by atoms with Gasteiger partial charge < -0.3 is 4.42 Å². The minimum Gasteiger partial charge on any atom is -0.457 e. The molecule has 2 aliphatic rings. The van der Waals surface area contributed by atoms with Gasteiger partial charge >= 0.3 is 184 Å². The molecule has 398 valence electrons. The average molecular weight is 1150 g/mol. The van der Waals surface area contributed by atoms with E-state index in [1.54, 1.807) is 54.7 Å². The van der Waals surface area contributed by atoms with Gasteiger partial charge in [-0.1, -0.05) is 127 Å². The molecule has 0 radical (unpaired) electrons. The standard InChI is InChI=1S/C73H70GeN4O2/c1-70(2)33-35-72(5,6)60-38-46(26-30-58(60)70)52-22-17-23-53(47-27-31-59-61(39-47)73(7,8)36-34-71(59,3)4)69(52)77-45-76(65-44-67-57(43-64(65)77)56-21-13-15-25-66(56)80-67)49-18-16-19-50(41-49)79-51-28-29-55-54-20-12-14-24-62(54)78(63(55)42-51)68-40-48(32-37-75-68)74(9,10)11/h12-32,37-44H,33-36H2,1-11H3/i1D3,2D3,3D3,4D3,5D3,6D3,7D3,8D3,26D,27D,30D,31D,33D2,34D2,35D2,36D2,38D,39D. The summed E-state index contributed by atoms with van der Waals surface area (Å²) >= 11 is -2.48. The molecule has 0 spiro atoms. The Morgan fingerprint density at radius 3 is 1.86 bits per heavy atom. The Morgan fingerprint density at radius 1 is 0.575 bits per heavy atom.